The smallest absolute Gasteiger partial charge is 0.0450 e. The van der Waals surface area contributed by atoms with Crippen LogP contribution in [0.5, 0.6) is 0 Å². The predicted octanol–water partition coefficient (Wildman–Crippen LogP) is 3.75. The summed E-state index contributed by atoms with van der Waals surface area (Å²) in [4.78, 5) is 2.39. The van der Waals surface area contributed by atoms with Crippen molar-refractivity contribution in [1.29, 1.82) is 0 Å². The molecular formula is C17H30N2. The van der Waals surface area contributed by atoms with Crippen LogP contribution < -0.4 is 5.73 Å². The van der Waals surface area contributed by atoms with Gasteiger partial charge in [0, 0.05) is 18.1 Å². The average molecular weight is 262 g/mol. The molecule has 19 heavy (non-hydrogen) atoms. The number of likely N-dealkylation sites (N-methyl/N-ethyl adjacent to an activating group) is 1. The highest BCUT2D eigenvalue weighted by molar-refractivity contribution is 5.24. The van der Waals surface area contributed by atoms with Crippen molar-refractivity contribution in [3.8, 4) is 0 Å². The van der Waals surface area contributed by atoms with Gasteiger partial charge in [-0.3, -0.25) is 4.90 Å². The Morgan fingerprint density at radius 1 is 1.05 bits per heavy atom. The van der Waals surface area contributed by atoms with Gasteiger partial charge in [0.2, 0.25) is 0 Å². The maximum absolute atomic E-state index is 6.43. The first-order chi connectivity index (χ1) is 8.64. The van der Waals surface area contributed by atoms with Crippen LogP contribution in [-0.4, -0.2) is 24.0 Å². The molecule has 108 valence electrons. The van der Waals surface area contributed by atoms with Crippen molar-refractivity contribution < 1.29 is 0 Å². The molecule has 1 rings (SSSR count). The van der Waals surface area contributed by atoms with Crippen LogP contribution in [0.3, 0.4) is 0 Å². The largest absolute Gasteiger partial charge is 0.323 e. The Kier molecular flexibility index (Phi) is 5.17. The molecule has 1 aromatic carbocycles. The fourth-order valence-corrected chi connectivity index (χ4v) is 2.28. The predicted molar refractivity (Wildman–Crippen MR) is 84.2 cm³/mol. The van der Waals surface area contributed by atoms with E-state index in [1.54, 1.807) is 0 Å². The molecule has 2 nitrogen and oxygen atoms in total. The van der Waals surface area contributed by atoms with Crippen LogP contribution in [-0.2, 0) is 0 Å². The van der Waals surface area contributed by atoms with Crippen molar-refractivity contribution in [3.05, 3.63) is 35.4 Å². The molecule has 0 fully saturated rings. The Morgan fingerprint density at radius 3 is 1.95 bits per heavy atom. The first-order valence-electron chi connectivity index (χ1n) is 7.18. The number of benzene rings is 1. The zero-order valence-corrected chi connectivity index (χ0v) is 13.6. The number of nitrogens with zero attached hydrogens (tertiary/aromatic N) is 1. The van der Waals surface area contributed by atoms with Gasteiger partial charge in [0.25, 0.3) is 0 Å². The number of rotatable bonds is 4. The molecule has 0 radical (unpaired) electrons. The molecule has 0 heterocycles. The molecule has 3 atom stereocenters. The van der Waals surface area contributed by atoms with Crippen molar-refractivity contribution in [2.75, 3.05) is 7.05 Å². The number of aryl methyl sites for hydroxylation is 1. The molecular weight excluding hydrogens is 232 g/mol. The second-order valence-electron chi connectivity index (χ2n) is 6.88. The Bertz CT molecular complexity index is 389. The van der Waals surface area contributed by atoms with Crippen LogP contribution in [0, 0.1) is 12.3 Å². The Balaban J connectivity index is 2.82. The fourth-order valence-electron chi connectivity index (χ4n) is 2.28. The SMILES string of the molecule is Cc1ccc(C(N)C(C)N(C)C(C)C(C)(C)C)cc1. The van der Waals surface area contributed by atoms with Gasteiger partial charge in [-0.15, -0.1) is 0 Å². The van der Waals surface area contributed by atoms with Gasteiger partial charge in [0.05, 0.1) is 0 Å². The third-order valence-corrected chi connectivity index (χ3v) is 4.49. The summed E-state index contributed by atoms with van der Waals surface area (Å²) in [6, 6.07) is 9.41. The van der Waals surface area contributed by atoms with E-state index in [-0.39, 0.29) is 11.5 Å². The monoisotopic (exact) mass is 262 g/mol. The van der Waals surface area contributed by atoms with Crippen LogP contribution in [0.1, 0.15) is 51.8 Å². The van der Waals surface area contributed by atoms with E-state index in [0.717, 1.165) is 0 Å². The molecule has 0 aliphatic carbocycles. The lowest BCUT2D eigenvalue weighted by Gasteiger charge is -2.41. The Labute approximate surface area is 119 Å². The van der Waals surface area contributed by atoms with Gasteiger partial charge in [0.15, 0.2) is 0 Å². The zero-order valence-electron chi connectivity index (χ0n) is 13.6. The minimum Gasteiger partial charge on any atom is -0.323 e. The van der Waals surface area contributed by atoms with E-state index in [1.807, 2.05) is 0 Å². The summed E-state index contributed by atoms with van der Waals surface area (Å²) < 4.78 is 0. The van der Waals surface area contributed by atoms with Crippen LogP contribution in [0.15, 0.2) is 24.3 Å². The maximum Gasteiger partial charge on any atom is 0.0450 e. The van der Waals surface area contributed by atoms with Gasteiger partial charge < -0.3 is 5.73 Å². The first-order valence-corrected chi connectivity index (χ1v) is 7.18. The van der Waals surface area contributed by atoms with Crippen molar-refractivity contribution in [3.63, 3.8) is 0 Å². The molecule has 1 aromatic rings. The van der Waals surface area contributed by atoms with E-state index >= 15 is 0 Å². The lowest BCUT2D eigenvalue weighted by atomic mass is 9.85. The number of hydrogen-bond acceptors (Lipinski definition) is 2. The summed E-state index contributed by atoms with van der Waals surface area (Å²) in [5.41, 5.74) is 9.18. The normalized spacial score (nSPS) is 17.3. The van der Waals surface area contributed by atoms with Crippen LogP contribution in [0.25, 0.3) is 0 Å². The Hall–Kier alpha value is -0.860. The second-order valence-corrected chi connectivity index (χ2v) is 6.88. The molecule has 3 unspecified atom stereocenters. The lowest BCUT2D eigenvalue weighted by molar-refractivity contribution is 0.0924. The molecule has 0 aliphatic heterocycles. The molecule has 0 aliphatic rings. The molecule has 0 saturated heterocycles. The van der Waals surface area contributed by atoms with E-state index in [1.165, 1.54) is 11.1 Å². The summed E-state index contributed by atoms with van der Waals surface area (Å²) in [6.07, 6.45) is 0. The van der Waals surface area contributed by atoms with Gasteiger partial charge in [-0.1, -0.05) is 50.6 Å². The van der Waals surface area contributed by atoms with Crippen molar-refractivity contribution in [2.45, 2.75) is 59.7 Å². The highest BCUT2D eigenvalue weighted by atomic mass is 15.2. The van der Waals surface area contributed by atoms with Crippen LogP contribution in [0.2, 0.25) is 0 Å². The fraction of sp³-hybridized carbons (Fsp3) is 0.647. The van der Waals surface area contributed by atoms with E-state index < -0.39 is 0 Å². The Morgan fingerprint density at radius 2 is 1.53 bits per heavy atom. The molecule has 0 spiro atoms. The van der Waals surface area contributed by atoms with Crippen molar-refractivity contribution >= 4 is 0 Å². The summed E-state index contributed by atoms with van der Waals surface area (Å²) in [5.74, 6) is 0. The number of hydrogen-bond donors (Lipinski definition) is 1. The number of nitrogens with two attached hydrogens (primary N) is 1. The summed E-state index contributed by atoms with van der Waals surface area (Å²) >= 11 is 0. The highest BCUT2D eigenvalue weighted by Crippen LogP contribution is 2.27. The summed E-state index contributed by atoms with van der Waals surface area (Å²) in [6.45, 7) is 13.4. The maximum atomic E-state index is 6.43. The third-order valence-electron chi connectivity index (χ3n) is 4.49. The van der Waals surface area contributed by atoms with Gasteiger partial charge >= 0.3 is 0 Å². The van der Waals surface area contributed by atoms with Crippen molar-refractivity contribution in [2.24, 2.45) is 11.1 Å². The van der Waals surface area contributed by atoms with Crippen LogP contribution >= 0.6 is 0 Å². The topological polar surface area (TPSA) is 29.3 Å². The first kappa shape index (κ1) is 16.2. The second kappa shape index (κ2) is 6.06. The third kappa shape index (κ3) is 4.05. The molecule has 0 aromatic heterocycles. The molecule has 0 amide bonds. The zero-order chi connectivity index (χ0) is 14.8. The van der Waals surface area contributed by atoms with E-state index in [4.69, 9.17) is 5.73 Å². The molecule has 0 saturated carbocycles. The van der Waals surface area contributed by atoms with E-state index in [9.17, 15) is 0 Å². The van der Waals surface area contributed by atoms with Gasteiger partial charge in [-0.05, 0) is 38.8 Å². The lowest BCUT2D eigenvalue weighted by Crippen LogP contribution is -2.48. The highest BCUT2D eigenvalue weighted by Gasteiger charge is 2.29. The average Bonchev–Trinajstić information content (AvgIpc) is 2.35. The van der Waals surface area contributed by atoms with E-state index in [2.05, 4.69) is 77.8 Å². The van der Waals surface area contributed by atoms with Gasteiger partial charge in [-0.2, -0.15) is 0 Å². The quantitative estimate of drug-likeness (QED) is 0.895. The van der Waals surface area contributed by atoms with Crippen LogP contribution in [0.4, 0.5) is 0 Å². The standard InChI is InChI=1S/C17H30N2/c1-12-8-10-15(11-9-12)16(18)13(2)19(7)14(3)17(4,5)6/h8-11,13-14,16H,18H2,1-7H3. The summed E-state index contributed by atoms with van der Waals surface area (Å²) in [5, 5.41) is 0. The minimum atomic E-state index is 0.0513. The van der Waals surface area contributed by atoms with Crippen molar-refractivity contribution in [1.82, 2.24) is 4.90 Å². The minimum absolute atomic E-state index is 0.0513. The van der Waals surface area contributed by atoms with E-state index in [0.29, 0.717) is 12.1 Å². The molecule has 0 bridgehead atoms. The van der Waals surface area contributed by atoms with Gasteiger partial charge in [-0.25, -0.2) is 0 Å². The molecule has 2 N–H and O–H groups in total. The van der Waals surface area contributed by atoms with Gasteiger partial charge in [0.1, 0.15) is 0 Å². The molecule has 2 heteroatoms. The summed E-state index contributed by atoms with van der Waals surface area (Å²) in [7, 11) is 2.18.